The molecule has 12 heavy (non-hydrogen) atoms. The van der Waals surface area contributed by atoms with Gasteiger partial charge in [0.1, 0.15) is 0 Å². The van der Waals surface area contributed by atoms with Crippen LogP contribution in [0.25, 0.3) is 0 Å². The van der Waals surface area contributed by atoms with Crippen molar-refractivity contribution in [2.24, 2.45) is 17.8 Å². The van der Waals surface area contributed by atoms with Gasteiger partial charge in [0.15, 0.2) is 0 Å². The van der Waals surface area contributed by atoms with Crippen LogP contribution in [0.15, 0.2) is 36.0 Å². The molecule has 0 amide bonds. The van der Waals surface area contributed by atoms with E-state index in [0.29, 0.717) is 5.92 Å². The summed E-state index contributed by atoms with van der Waals surface area (Å²) in [4.78, 5) is 0. The van der Waals surface area contributed by atoms with E-state index in [9.17, 15) is 0 Å². The summed E-state index contributed by atoms with van der Waals surface area (Å²) in [6.45, 7) is 4.59. The highest BCUT2D eigenvalue weighted by Gasteiger charge is 2.27. The standard InChI is InChI=1S/C12H16/c1-9-5-3-8-12-10(2)6-4-7-11(9)12/h3-5,7-8,10-12H,6H2,1-2H3. The first kappa shape index (κ1) is 7.85. The van der Waals surface area contributed by atoms with Crippen molar-refractivity contribution in [1.29, 1.82) is 0 Å². The Morgan fingerprint density at radius 2 is 2.17 bits per heavy atom. The lowest BCUT2D eigenvalue weighted by atomic mass is 9.72. The highest BCUT2D eigenvalue weighted by molar-refractivity contribution is 5.27. The molecule has 0 heteroatoms. The fraction of sp³-hybridized carbons (Fsp3) is 0.500. The lowest BCUT2D eigenvalue weighted by Gasteiger charge is -2.33. The molecule has 0 saturated heterocycles. The summed E-state index contributed by atoms with van der Waals surface area (Å²) in [5.41, 5.74) is 1.52. The summed E-state index contributed by atoms with van der Waals surface area (Å²) in [6, 6.07) is 0. The zero-order valence-corrected chi connectivity index (χ0v) is 7.83. The lowest BCUT2D eigenvalue weighted by Crippen LogP contribution is -2.23. The molecule has 0 N–H and O–H groups in total. The molecule has 2 rings (SSSR count). The number of hydrogen-bond acceptors (Lipinski definition) is 0. The Labute approximate surface area is 74.7 Å². The molecule has 2 aliphatic rings. The molecule has 0 aliphatic heterocycles. The molecule has 0 heterocycles. The van der Waals surface area contributed by atoms with Crippen molar-refractivity contribution < 1.29 is 0 Å². The van der Waals surface area contributed by atoms with E-state index < -0.39 is 0 Å². The van der Waals surface area contributed by atoms with Crippen molar-refractivity contribution in [2.45, 2.75) is 20.3 Å². The maximum Gasteiger partial charge on any atom is 0.00427 e. The van der Waals surface area contributed by atoms with Crippen LogP contribution in [0.1, 0.15) is 20.3 Å². The second-order valence-electron chi connectivity index (χ2n) is 4.04. The Balaban J connectivity index is 2.30. The molecule has 0 radical (unpaired) electrons. The molecular weight excluding hydrogens is 144 g/mol. The summed E-state index contributed by atoms with van der Waals surface area (Å²) in [7, 11) is 0. The maximum absolute atomic E-state index is 2.38. The third kappa shape index (κ3) is 1.16. The van der Waals surface area contributed by atoms with E-state index in [2.05, 4.69) is 44.2 Å². The van der Waals surface area contributed by atoms with Crippen molar-refractivity contribution >= 4 is 0 Å². The lowest BCUT2D eigenvalue weighted by molar-refractivity contribution is 0.352. The van der Waals surface area contributed by atoms with Crippen LogP contribution in [0.2, 0.25) is 0 Å². The molecule has 0 spiro atoms. The van der Waals surface area contributed by atoms with Crippen LogP contribution in [-0.4, -0.2) is 0 Å². The zero-order chi connectivity index (χ0) is 8.55. The van der Waals surface area contributed by atoms with Gasteiger partial charge in [0, 0.05) is 5.92 Å². The third-order valence-corrected chi connectivity index (χ3v) is 3.14. The molecule has 0 aromatic heterocycles. The average Bonchev–Trinajstić information content (AvgIpc) is 2.07. The van der Waals surface area contributed by atoms with E-state index in [1.54, 1.807) is 0 Å². The van der Waals surface area contributed by atoms with E-state index in [1.165, 1.54) is 12.0 Å². The Hall–Kier alpha value is -0.780. The fourth-order valence-corrected chi connectivity index (χ4v) is 2.29. The fourth-order valence-electron chi connectivity index (χ4n) is 2.29. The Bertz CT molecular complexity index is 255. The van der Waals surface area contributed by atoms with Gasteiger partial charge in [-0.15, -0.1) is 0 Å². The van der Waals surface area contributed by atoms with Gasteiger partial charge in [-0.2, -0.15) is 0 Å². The molecule has 0 aromatic carbocycles. The summed E-state index contributed by atoms with van der Waals surface area (Å²) in [5.74, 6) is 2.28. The largest absolute Gasteiger partial charge is 0.0876 e. The molecular formula is C12H16. The first-order valence-corrected chi connectivity index (χ1v) is 4.80. The minimum Gasteiger partial charge on any atom is -0.0876 e. The summed E-state index contributed by atoms with van der Waals surface area (Å²) in [6.07, 6.45) is 12.8. The van der Waals surface area contributed by atoms with Crippen LogP contribution in [0.4, 0.5) is 0 Å². The number of rotatable bonds is 0. The van der Waals surface area contributed by atoms with Crippen LogP contribution in [0.3, 0.4) is 0 Å². The number of allylic oxidation sites excluding steroid dienone is 6. The predicted molar refractivity (Wildman–Crippen MR) is 52.8 cm³/mol. The van der Waals surface area contributed by atoms with Gasteiger partial charge in [0.25, 0.3) is 0 Å². The normalized spacial score (nSPS) is 39.2. The molecule has 0 fully saturated rings. The first-order chi connectivity index (χ1) is 5.79. The van der Waals surface area contributed by atoms with Crippen molar-refractivity contribution in [3.63, 3.8) is 0 Å². The Kier molecular flexibility index (Phi) is 1.92. The Morgan fingerprint density at radius 3 is 2.92 bits per heavy atom. The van der Waals surface area contributed by atoms with Crippen molar-refractivity contribution in [2.75, 3.05) is 0 Å². The summed E-state index contributed by atoms with van der Waals surface area (Å²) < 4.78 is 0. The minimum absolute atomic E-state index is 0.693. The molecule has 0 nitrogen and oxygen atoms in total. The summed E-state index contributed by atoms with van der Waals surface area (Å²) >= 11 is 0. The average molecular weight is 160 g/mol. The molecule has 3 unspecified atom stereocenters. The van der Waals surface area contributed by atoms with Gasteiger partial charge < -0.3 is 0 Å². The molecule has 3 atom stereocenters. The van der Waals surface area contributed by atoms with Crippen LogP contribution in [0, 0.1) is 17.8 Å². The summed E-state index contributed by atoms with van der Waals surface area (Å²) in [5, 5.41) is 0. The van der Waals surface area contributed by atoms with Gasteiger partial charge in [-0.1, -0.05) is 42.9 Å². The van der Waals surface area contributed by atoms with E-state index in [0.717, 1.165) is 11.8 Å². The van der Waals surface area contributed by atoms with E-state index >= 15 is 0 Å². The van der Waals surface area contributed by atoms with Gasteiger partial charge in [0.2, 0.25) is 0 Å². The second kappa shape index (κ2) is 2.93. The minimum atomic E-state index is 0.693. The smallest absolute Gasteiger partial charge is 0.00427 e. The van der Waals surface area contributed by atoms with Crippen molar-refractivity contribution in [3.8, 4) is 0 Å². The predicted octanol–water partition coefficient (Wildman–Crippen LogP) is 3.33. The highest BCUT2D eigenvalue weighted by atomic mass is 14.3. The Morgan fingerprint density at radius 1 is 1.33 bits per heavy atom. The maximum atomic E-state index is 2.38. The third-order valence-electron chi connectivity index (χ3n) is 3.14. The zero-order valence-electron chi connectivity index (χ0n) is 7.83. The quantitative estimate of drug-likeness (QED) is 0.477. The van der Waals surface area contributed by atoms with Crippen LogP contribution in [-0.2, 0) is 0 Å². The second-order valence-corrected chi connectivity index (χ2v) is 4.04. The van der Waals surface area contributed by atoms with Gasteiger partial charge in [-0.05, 0) is 25.2 Å². The van der Waals surface area contributed by atoms with Crippen LogP contribution in [0.5, 0.6) is 0 Å². The number of hydrogen-bond donors (Lipinski definition) is 0. The molecule has 0 saturated carbocycles. The topological polar surface area (TPSA) is 0 Å². The van der Waals surface area contributed by atoms with Gasteiger partial charge in [0.05, 0.1) is 0 Å². The monoisotopic (exact) mass is 160 g/mol. The van der Waals surface area contributed by atoms with Crippen molar-refractivity contribution in [1.82, 2.24) is 0 Å². The van der Waals surface area contributed by atoms with Crippen LogP contribution >= 0.6 is 0 Å². The number of fused-ring (bicyclic) bond motifs is 1. The molecule has 2 aliphatic carbocycles. The van der Waals surface area contributed by atoms with E-state index in [-0.39, 0.29) is 0 Å². The van der Waals surface area contributed by atoms with E-state index in [1.807, 2.05) is 0 Å². The molecule has 64 valence electrons. The van der Waals surface area contributed by atoms with Gasteiger partial charge in [-0.25, -0.2) is 0 Å². The van der Waals surface area contributed by atoms with Gasteiger partial charge >= 0.3 is 0 Å². The molecule has 0 bridgehead atoms. The first-order valence-electron chi connectivity index (χ1n) is 4.80. The van der Waals surface area contributed by atoms with E-state index in [4.69, 9.17) is 0 Å². The highest BCUT2D eigenvalue weighted by Crippen LogP contribution is 2.37. The van der Waals surface area contributed by atoms with Crippen LogP contribution < -0.4 is 0 Å². The van der Waals surface area contributed by atoms with Crippen molar-refractivity contribution in [3.05, 3.63) is 36.0 Å². The molecule has 0 aromatic rings. The van der Waals surface area contributed by atoms with Gasteiger partial charge in [-0.3, -0.25) is 0 Å². The SMILES string of the molecule is CC1=CC=CC2C(C)CC=CC12.